The first kappa shape index (κ1) is 25.1. The molecule has 4 unspecified atom stereocenters. The van der Waals surface area contributed by atoms with Gasteiger partial charge >= 0.3 is 5.97 Å². The van der Waals surface area contributed by atoms with Gasteiger partial charge in [0.1, 0.15) is 5.54 Å². The number of hydrogen-bond acceptors (Lipinski definition) is 8. The number of aromatic nitrogens is 1. The van der Waals surface area contributed by atoms with Crippen LogP contribution in [0.1, 0.15) is 23.7 Å². The molecule has 2 saturated heterocycles. The molecule has 12 heteroatoms. The highest BCUT2D eigenvalue weighted by Gasteiger charge is 2.68. The summed E-state index contributed by atoms with van der Waals surface area (Å²) in [4.78, 5) is 56.3. The molecule has 0 spiro atoms. The number of nitrogens with one attached hydrogen (secondary N) is 1. The first-order valence-corrected chi connectivity index (χ1v) is 12.7. The number of nitro groups is 1. The fraction of sp³-hybridized carbons (Fsp3) is 0.391. The van der Waals surface area contributed by atoms with Crippen molar-refractivity contribution in [2.75, 3.05) is 18.6 Å². The lowest BCUT2D eigenvalue weighted by Crippen LogP contribution is -2.56. The van der Waals surface area contributed by atoms with E-state index < -0.39 is 46.1 Å². The van der Waals surface area contributed by atoms with Gasteiger partial charge in [0, 0.05) is 41.5 Å². The number of nitrogens with zero attached hydrogens (tertiary/aromatic N) is 3. The van der Waals surface area contributed by atoms with E-state index in [1.165, 1.54) is 30.0 Å². The topological polar surface area (TPSA) is 143 Å². The Morgan fingerprint density at radius 3 is 2.71 bits per heavy atom. The molecular weight excluding hydrogens is 496 g/mol. The number of rotatable bonds is 9. The third-order valence-electron chi connectivity index (χ3n) is 6.67. The van der Waals surface area contributed by atoms with Crippen molar-refractivity contribution in [3.8, 4) is 0 Å². The Hall–Kier alpha value is -3.02. The second kappa shape index (κ2) is 9.92. The molecule has 35 heavy (non-hydrogen) atoms. The summed E-state index contributed by atoms with van der Waals surface area (Å²) in [6.45, 7) is 0.0320. The van der Waals surface area contributed by atoms with Gasteiger partial charge in [-0.3, -0.25) is 39.7 Å². The first-order valence-electron chi connectivity index (χ1n) is 10.9. The van der Waals surface area contributed by atoms with E-state index >= 15 is 0 Å². The van der Waals surface area contributed by atoms with Crippen LogP contribution in [0.4, 0.5) is 5.69 Å². The predicted molar refractivity (Wildman–Crippen MR) is 129 cm³/mol. The zero-order valence-corrected chi connectivity index (χ0v) is 20.3. The Morgan fingerprint density at radius 1 is 1.31 bits per heavy atom. The third kappa shape index (κ3) is 4.39. The van der Waals surface area contributed by atoms with Crippen molar-refractivity contribution in [2.45, 2.75) is 24.4 Å². The van der Waals surface area contributed by atoms with Gasteiger partial charge in [-0.05, 0) is 42.7 Å². The van der Waals surface area contributed by atoms with E-state index in [0.29, 0.717) is 17.9 Å². The predicted octanol–water partition coefficient (Wildman–Crippen LogP) is 2.71. The molecule has 2 aliphatic rings. The normalized spacial score (nSPS) is 25.7. The summed E-state index contributed by atoms with van der Waals surface area (Å²) in [6.07, 6.45) is 3.77. The van der Waals surface area contributed by atoms with Gasteiger partial charge in [0.2, 0.25) is 11.8 Å². The van der Waals surface area contributed by atoms with Crippen LogP contribution < -0.4 is 5.32 Å². The van der Waals surface area contributed by atoms with Gasteiger partial charge in [-0.2, -0.15) is 11.8 Å². The van der Waals surface area contributed by atoms with Crippen molar-refractivity contribution in [3.05, 3.63) is 69.0 Å². The monoisotopic (exact) mass is 518 g/mol. The molecule has 2 N–H and O–H groups in total. The second-order valence-corrected chi connectivity index (χ2v) is 9.93. The number of aliphatic carboxylic acids is 1. The number of nitro benzene ring substituents is 1. The number of fused-ring (bicyclic) bond motifs is 1. The molecule has 3 heterocycles. The smallest absolute Gasteiger partial charge is 0.324 e. The average molecular weight is 519 g/mol. The molecule has 4 atom stereocenters. The summed E-state index contributed by atoms with van der Waals surface area (Å²) in [5.74, 6) is -4.37. The summed E-state index contributed by atoms with van der Waals surface area (Å²) in [5.41, 5.74) is -1.31. The molecule has 2 aromatic rings. The summed E-state index contributed by atoms with van der Waals surface area (Å²) in [6, 6.07) is 8.17. The highest BCUT2D eigenvalue weighted by Crippen LogP contribution is 2.52. The molecular formula is C23H23ClN4O6S. The van der Waals surface area contributed by atoms with Gasteiger partial charge in [-0.1, -0.05) is 17.7 Å². The van der Waals surface area contributed by atoms with Gasteiger partial charge < -0.3 is 5.11 Å². The lowest BCUT2D eigenvalue weighted by atomic mass is 9.78. The average Bonchev–Trinajstić information content (AvgIpc) is 3.31. The quantitative estimate of drug-likeness (QED) is 0.291. The number of hydrogen-bond donors (Lipinski definition) is 2. The third-order valence-corrected chi connectivity index (χ3v) is 7.51. The Balaban J connectivity index is 1.78. The molecule has 4 rings (SSSR count). The molecule has 2 fully saturated rings. The van der Waals surface area contributed by atoms with Gasteiger partial charge in [-0.15, -0.1) is 0 Å². The summed E-state index contributed by atoms with van der Waals surface area (Å²) in [7, 11) is 0. The van der Waals surface area contributed by atoms with Crippen LogP contribution >= 0.6 is 23.4 Å². The van der Waals surface area contributed by atoms with Crippen molar-refractivity contribution < 1.29 is 24.4 Å². The number of likely N-dealkylation sites (tertiary alicyclic amines) is 1. The Labute approximate surface area is 210 Å². The molecule has 0 radical (unpaired) electrons. The first-order chi connectivity index (χ1) is 16.7. The Morgan fingerprint density at radius 2 is 2.09 bits per heavy atom. The van der Waals surface area contributed by atoms with Crippen molar-refractivity contribution in [1.29, 1.82) is 0 Å². The highest BCUT2D eigenvalue weighted by molar-refractivity contribution is 7.98. The molecule has 1 aromatic heterocycles. The van der Waals surface area contributed by atoms with Crippen LogP contribution in [0.25, 0.3) is 0 Å². The fourth-order valence-electron chi connectivity index (χ4n) is 5.06. The molecule has 0 aliphatic carbocycles. The molecule has 0 bridgehead atoms. The maximum Gasteiger partial charge on any atom is 0.324 e. The van der Waals surface area contributed by atoms with Gasteiger partial charge in [0.25, 0.3) is 5.69 Å². The zero-order valence-electron chi connectivity index (χ0n) is 18.7. The van der Waals surface area contributed by atoms with Crippen LogP contribution in [0.15, 0.2) is 42.6 Å². The number of carboxylic acid groups (broad SMARTS) is 1. The van der Waals surface area contributed by atoms with E-state index in [4.69, 9.17) is 11.6 Å². The number of pyridine rings is 1. The highest BCUT2D eigenvalue weighted by atomic mass is 35.5. The van der Waals surface area contributed by atoms with E-state index in [1.807, 2.05) is 6.26 Å². The number of thioether (sulfide) groups is 1. The van der Waals surface area contributed by atoms with E-state index in [0.717, 1.165) is 4.90 Å². The number of imide groups is 1. The number of carbonyl (C=O) groups is 3. The number of carboxylic acids is 1. The lowest BCUT2D eigenvalue weighted by molar-refractivity contribution is -0.385. The van der Waals surface area contributed by atoms with E-state index in [1.54, 1.807) is 24.4 Å². The number of benzene rings is 1. The molecule has 2 aliphatic heterocycles. The number of halogens is 1. The van der Waals surface area contributed by atoms with Crippen LogP contribution in [0, 0.1) is 22.0 Å². The second-order valence-electron chi connectivity index (χ2n) is 8.50. The molecule has 1 aromatic carbocycles. The van der Waals surface area contributed by atoms with Crippen molar-refractivity contribution in [2.24, 2.45) is 11.8 Å². The standard InChI is InChI=1S/C23H23ClN4O6S/c1-35-11-8-23(22(31)32)18-17(19(26-23)15-12-13(24)5-6-16(15)28(33)34)20(29)27(21(18)30)10-7-14-4-2-3-9-25-14/h2-6,9,12,17-19,26H,7-8,10-11H2,1H3,(H,31,32). The minimum absolute atomic E-state index is 0.0320. The van der Waals surface area contributed by atoms with Crippen LogP contribution in [0.2, 0.25) is 5.02 Å². The summed E-state index contributed by atoms with van der Waals surface area (Å²) in [5, 5.41) is 25.3. The van der Waals surface area contributed by atoms with Gasteiger partial charge in [-0.25, -0.2) is 0 Å². The molecule has 10 nitrogen and oxygen atoms in total. The van der Waals surface area contributed by atoms with Crippen molar-refractivity contribution in [3.63, 3.8) is 0 Å². The summed E-state index contributed by atoms with van der Waals surface area (Å²) < 4.78 is 0. The van der Waals surface area contributed by atoms with E-state index in [2.05, 4.69) is 10.3 Å². The SMILES string of the molecule is CSCCC1(C(=O)O)NC(c2cc(Cl)ccc2[N+](=O)[O-])C2C(=O)N(CCc3ccccn3)C(=O)C21. The Kier molecular flexibility index (Phi) is 7.11. The van der Waals surface area contributed by atoms with Crippen LogP contribution in [0.3, 0.4) is 0 Å². The Bertz CT molecular complexity index is 1180. The van der Waals surface area contributed by atoms with Crippen molar-refractivity contribution in [1.82, 2.24) is 15.2 Å². The van der Waals surface area contributed by atoms with Crippen LogP contribution in [0.5, 0.6) is 0 Å². The van der Waals surface area contributed by atoms with Gasteiger partial charge in [0.15, 0.2) is 0 Å². The molecule has 184 valence electrons. The fourth-order valence-corrected chi connectivity index (χ4v) is 5.77. The van der Waals surface area contributed by atoms with E-state index in [-0.39, 0.29) is 29.2 Å². The number of carbonyl (C=O) groups excluding carboxylic acids is 2. The van der Waals surface area contributed by atoms with E-state index in [9.17, 15) is 29.6 Å². The number of amides is 2. The van der Waals surface area contributed by atoms with Crippen molar-refractivity contribution >= 4 is 46.8 Å². The zero-order chi connectivity index (χ0) is 25.3. The van der Waals surface area contributed by atoms with Crippen LogP contribution in [-0.2, 0) is 20.8 Å². The van der Waals surface area contributed by atoms with Gasteiger partial charge in [0.05, 0.1) is 22.8 Å². The lowest BCUT2D eigenvalue weighted by Gasteiger charge is -2.31. The molecule has 0 saturated carbocycles. The minimum Gasteiger partial charge on any atom is -0.480 e. The molecule has 2 amide bonds. The maximum absolute atomic E-state index is 13.6. The van der Waals surface area contributed by atoms with Crippen LogP contribution in [-0.4, -0.2) is 61.8 Å². The maximum atomic E-state index is 13.6. The minimum atomic E-state index is -1.76. The summed E-state index contributed by atoms with van der Waals surface area (Å²) >= 11 is 7.54. The largest absolute Gasteiger partial charge is 0.480 e.